The van der Waals surface area contributed by atoms with Crippen LogP contribution < -0.4 is 0 Å². The summed E-state index contributed by atoms with van der Waals surface area (Å²) in [5, 5.41) is 7.77. The van der Waals surface area contributed by atoms with E-state index in [9.17, 15) is 0 Å². The first-order valence-corrected chi connectivity index (χ1v) is 4.12. The molecule has 0 aromatic carbocycles. The molecule has 1 aromatic rings. The van der Waals surface area contributed by atoms with Gasteiger partial charge in [0.1, 0.15) is 0 Å². The van der Waals surface area contributed by atoms with Gasteiger partial charge in [-0.05, 0) is 28.1 Å². The normalized spacial score (nSPS) is 12.1. The Bertz CT molecular complexity index is 277. The molecule has 0 radical (unpaired) electrons. The van der Waals surface area contributed by atoms with Crippen LogP contribution in [0, 0.1) is 11.3 Å². The third-order valence-corrected chi connectivity index (χ3v) is 1.91. The van der Waals surface area contributed by atoms with Crippen molar-refractivity contribution in [2.45, 2.75) is 5.38 Å². The third-order valence-electron chi connectivity index (χ3n) is 1.12. The van der Waals surface area contributed by atoms with Crippen molar-refractivity contribution >= 4 is 27.5 Å². The minimum Gasteiger partial charge on any atom is -0.257 e. The lowest BCUT2D eigenvalue weighted by Gasteiger charge is -1.97. The van der Waals surface area contributed by atoms with Crippen LogP contribution >= 0.6 is 27.5 Å². The average Bonchev–Trinajstić information content (AvgIpc) is 2.05. The number of nitrogens with zero attached hydrogens (tertiary/aromatic N) is 2. The van der Waals surface area contributed by atoms with E-state index >= 15 is 0 Å². The van der Waals surface area contributed by atoms with E-state index in [4.69, 9.17) is 16.9 Å². The lowest BCUT2D eigenvalue weighted by atomic mass is 10.3. The minimum atomic E-state index is -0.650. The Morgan fingerprint density at radius 1 is 1.64 bits per heavy atom. The van der Waals surface area contributed by atoms with Gasteiger partial charge >= 0.3 is 0 Å². The molecular weight excluding hydrogens is 227 g/mol. The van der Waals surface area contributed by atoms with Crippen molar-refractivity contribution in [1.29, 1.82) is 5.26 Å². The van der Waals surface area contributed by atoms with E-state index in [1.54, 1.807) is 18.3 Å². The molecular formula is C7H4BrClN2. The van der Waals surface area contributed by atoms with Crippen LogP contribution in [0.3, 0.4) is 0 Å². The number of alkyl halides is 1. The van der Waals surface area contributed by atoms with Crippen molar-refractivity contribution in [3.05, 3.63) is 28.5 Å². The van der Waals surface area contributed by atoms with Crippen LogP contribution in [0.1, 0.15) is 11.1 Å². The van der Waals surface area contributed by atoms with Gasteiger partial charge in [-0.25, -0.2) is 0 Å². The van der Waals surface area contributed by atoms with Gasteiger partial charge in [0.15, 0.2) is 5.38 Å². The third kappa shape index (κ3) is 2.18. The lowest BCUT2D eigenvalue weighted by Crippen LogP contribution is -1.89. The van der Waals surface area contributed by atoms with Gasteiger partial charge in [0.25, 0.3) is 0 Å². The van der Waals surface area contributed by atoms with Crippen molar-refractivity contribution < 1.29 is 0 Å². The first kappa shape index (κ1) is 8.51. The molecule has 0 saturated heterocycles. The highest BCUT2D eigenvalue weighted by molar-refractivity contribution is 9.10. The fraction of sp³-hybridized carbons (Fsp3) is 0.143. The van der Waals surface area contributed by atoms with Gasteiger partial charge in [-0.3, -0.25) is 4.98 Å². The van der Waals surface area contributed by atoms with Gasteiger partial charge < -0.3 is 0 Å². The Morgan fingerprint density at radius 3 is 2.82 bits per heavy atom. The van der Waals surface area contributed by atoms with Crippen LogP contribution in [0.5, 0.6) is 0 Å². The number of nitriles is 1. The summed E-state index contributed by atoms with van der Waals surface area (Å²) in [5.41, 5.74) is 0.581. The maximum absolute atomic E-state index is 8.42. The van der Waals surface area contributed by atoms with Crippen LogP contribution in [-0.2, 0) is 0 Å². The molecule has 0 fully saturated rings. The molecule has 2 nitrogen and oxygen atoms in total. The average molecular weight is 231 g/mol. The molecule has 0 aliphatic heterocycles. The van der Waals surface area contributed by atoms with Gasteiger partial charge in [0, 0.05) is 10.7 Å². The molecule has 1 unspecified atom stereocenters. The predicted octanol–water partition coefficient (Wildman–Crippen LogP) is 2.65. The second-order valence-corrected chi connectivity index (χ2v) is 3.25. The minimum absolute atomic E-state index is 0.581. The lowest BCUT2D eigenvalue weighted by molar-refractivity contribution is 1.08. The van der Waals surface area contributed by atoms with Gasteiger partial charge in [-0.2, -0.15) is 5.26 Å². The second-order valence-electron chi connectivity index (χ2n) is 1.89. The topological polar surface area (TPSA) is 36.7 Å². The fourth-order valence-corrected chi connectivity index (χ4v) is 0.967. The summed E-state index contributed by atoms with van der Waals surface area (Å²) in [6.45, 7) is 0. The molecule has 0 aliphatic rings. The predicted molar refractivity (Wildman–Crippen MR) is 46.1 cm³/mol. The monoisotopic (exact) mass is 230 g/mol. The number of halogens is 2. The molecule has 1 rings (SSSR count). The molecule has 0 aliphatic carbocycles. The zero-order valence-corrected chi connectivity index (χ0v) is 7.80. The van der Waals surface area contributed by atoms with Gasteiger partial charge in [-0.15, -0.1) is 0 Å². The van der Waals surface area contributed by atoms with E-state index in [0.29, 0.717) is 5.69 Å². The Morgan fingerprint density at radius 2 is 2.36 bits per heavy atom. The molecule has 11 heavy (non-hydrogen) atoms. The smallest absolute Gasteiger partial charge is 0.162 e. The highest BCUT2D eigenvalue weighted by atomic mass is 79.9. The molecule has 1 heterocycles. The van der Waals surface area contributed by atoms with Crippen LogP contribution in [0.15, 0.2) is 22.8 Å². The number of hydrogen-bond acceptors (Lipinski definition) is 2. The van der Waals surface area contributed by atoms with E-state index in [-0.39, 0.29) is 0 Å². The first-order valence-electron chi connectivity index (χ1n) is 2.89. The molecule has 1 atom stereocenters. The summed E-state index contributed by atoms with van der Waals surface area (Å²) in [6, 6.07) is 5.40. The van der Waals surface area contributed by atoms with Crippen molar-refractivity contribution in [2.24, 2.45) is 0 Å². The van der Waals surface area contributed by atoms with Crippen molar-refractivity contribution in [2.75, 3.05) is 0 Å². The molecule has 0 saturated carbocycles. The first-order chi connectivity index (χ1) is 5.24. The van der Waals surface area contributed by atoms with Crippen LogP contribution in [0.25, 0.3) is 0 Å². The van der Waals surface area contributed by atoms with Gasteiger partial charge in [0.2, 0.25) is 0 Å². The van der Waals surface area contributed by atoms with E-state index in [0.717, 1.165) is 4.47 Å². The quantitative estimate of drug-likeness (QED) is 0.697. The largest absolute Gasteiger partial charge is 0.257 e. The van der Waals surface area contributed by atoms with Gasteiger partial charge in [0.05, 0.1) is 11.8 Å². The maximum Gasteiger partial charge on any atom is 0.162 e. The fourth-order valence-electron chi connectivity index (χ4n) is 0.603. The zero-order chi connectivity index (χ0) is 8.27. The number of hydrogen-bond donors (Lipinski definition) is 0. The second kappa shape index (κ2) is 3.70. The van der Waals surface area contributed by atoms with Crippen molar-refractivity contribution in [1.82, 2.24) is 4.98 Å². The highest BCUT2D eigenvalue weighted by Crippen LogP contribution is 2.18. The Balaban J connectivity index is 2.92. The van der Waals surface area contributed by atoms with E-state index in [1.165, 1.54) is 0 Å². The van der Waals surface area contributed by atoms with E-state index in [2.05, 4.69) is 20.9 Å². The summed E-state index contributed by atoms with van der Waals surface area (Å²) < 4.78 is 0.878. The Kier molecular flexibility index (Phi) is 2.86. The van der Waals surface area contributed by atoms with Crippen molar-refractivity contribution in [3.8, 4) is 6.07 Å². The summed E-state index contributed by atoms with van der Waals surface area (Å²) in [5.74, 6) is 0. The Hall–Kier alpha value is -0.590. The maximum atomic E-state index is 8.42. The molecule has 56 valence electrons. The molecule has 4 heteroatoms. The van der Waals surface area contributed by atoms with Crippen LogP contribution in [0.2, 0.25) is 0 Å². The summed E-state index contributed by atoms with van der Waals surface area (Å²) in [7, 11) is 0. The molecule has 0 N–H and O–H groups in total. The zero-order valence-electron chi connectivity index (χ0n) is 5.46. The van der Waals surface area contributed by atoms with Crippen LogP contribution in [0.4, 0.5) is 0 Å². The molecule has 1 aromatic heterocycles. The van der Waals surface area contributed by atoms with E-state index in [1.807, 2.05) is 6.07 Å². The van der Waals surface area contributed by atoms with E-state index < -0.39 is 5.38 Å². The van der Waals surface area contributed by atoms with Gasteiger partial charge in [-0.1, -0.05) is 11.6 Å². The number of rotatable bonds is 1. The summed E-state index contributed by atoms with van der Waals surface area (Å²) in [6.07, 6.45) is 1.61. The number of aromatic nitrogens is 1. The van der Waals surface area contributed by atoms with Crippen LogP contribution in [-0.4, -0.2) is 4.98 Å². The Labute approximate surface area is 77.9 Å². The molecule has 0 amide bonds. The highest BCUT2D eigenvalue weighted by Gasteiger charge is 2.05. The SMILES string of the molecule is N#CC(Cl)c1ccc(Br)cn1. The number of pyridine rings is 1. The summed E-state index contributed by atoms with van der Waals surface area (Å²) in [4.78, 5) is 3.95. The summed E-state index contributed by atoms with van der Waals surface area (Å²) >= 11 is 8.83. The standard InChI is InChI=1S/C7H4BrClN2/c8-5-1-2-7(11-4-5)6(9)3-10/h1-2,4,6H. The van der Waals surface area contributed by atoms with Crippen molar-refractivity contribution in [3.63, 3.8) is 0 Å². The molecule has 0 spiro atoms. The molecule has 0 bridgehead atoms.